The van der Waals surface area contributed by atoms with Crippen molar-refractivity contribution < 1.29 is 31.1 Å². The van der Waals surface area contributed by atoms with Crippen LogP contribution in [0.5, 0.6) is 0 Å². The molecule has 0 unspecified atom stereocenters. The monoisotopic (exact) mass is 481 g/mol. The molecule has 0 radical (unpaired) electrons. The summed E-state index contributed by atoms with van der Waals surface area (Å²) in [5.41, 5.74) is -1.03. The minimum atomic E-state index is -4.62. The van der Waals surface area contributed by atoms with Crippen LogP contribution in [0.1, 0.15) is 34.6 Å². The van der Waals surface area contributed by atoms with E-state index in [2.05, 4.69) is 19.9 Å². The Morgan fingerprint density at radius 3 is 2.41 bits per heavy atom. The Bertz CT molecular complexity index is 1170. The second kappa shape index (κ2) is 8.99. The second-order valence-electron chi connectivity index (χ2n) is 7.71. The number of aryl methyl sites for hydroxylation is 1. The minimum absolute atomic E-state index is 0.0628. The average Bonchev–Trinajstić information content (AvgIpc) is 3.11. The topological polar surface area (TPSA) is 71.9 Å². The van der Waals surface area contributed by atoms with Gasteiger partial charge in [0, 0.05) is 49.7 Å². The average molecular weight is 481 g/mol. The van der Waals surface area contributed by atoms with E-state index < -0.39 is 41.8 Å². The first-order valence-electron chi connectivity index (χ1n) is 10.2. The van der Waals surface area contributed by atoms with Gasteiger partial charge in [0.25, 0.3) is 11.8 Å². The summed E-state index contributed by atoms with van der Waals surface area (Å²) in [6.07, 6.45) is -1.69. The number of hydrogen-bond donors (Lipinski definition) is 0. The van der Waals surface area contributed by atoms with Gasteiger partial charge in [0.1, 0.15) is 11.6 Å². The van der Waals surface area contributed by atoms with Crippen LogP contribution in [0.25, 0.3) is 11.4 Å². The van der Waals surface area contributed by atoms with E-state index in [-0.39, 0.29) is 42.2 Å². The van der Waals surface area contributed by atoms with Crippen LogP contribution in [0.15, 0.2) is 49.1 Å². The van der Waals surface area contributed by atoms with Crippen LogP contribution in [-0.4, -0.2) is 49.3 Å². The van der Waals surface area contributed by atoms with Crippen LogP contribution in [-0.2, 0) is 12.6 Å². The highest BCUT2D eigenvalue weighted by Gasteiger charge is 2.50. The summed E-state index contributed by atoms with van der Waals surface area (Å²) >= 11 is 0. The summed E-state index contributed by atoms with van der Waals surface area (Å²) in [5, 5.41) is 0. The van der Waals surface area contributed by atoms with E-state index >= 15 is 0 Å². The molecule has 1 aliphatic heterocycles. The van der Waals surface area contributed by atoms with Crippen molar-refractivity contribution in [3.63, 3.8) is 0 Å². The Hall–Kier alpha value is -3.57. The van der Waals surface area contributed by atoms with E-state index in [0.717, 1.165) is 17.0 Å². The standard InChI is InChI=1S/C22H17F6N5O/c23-14-2-3-15(19-29-7-1-8-30-19)16(10-14)20(34)33-9-6-21(24,25)17(33)4-5-18-31-11-13(12-32-18)22(26,27)28/h1-3,7-8,10-12,17H,4-6,9H2/t17-/m1/s1. The van der Waals surface area contributed by atoms with Crippen molar-refractivity contribution in [3.8, 4) is 11.4 Å². The van der Waals surface area contributed by atoms with Crippen molar-refractivity contribution in [2.75, 3.05) is 6.54 Å². The molecule has 1 aromatic carbocycles. The lowest BCUT2D eigenvalue weighted by atomic mass is 10.0. The lowest BCUT2D eigenvalue weighted by Crippen LogP contribution is -2.43. The number of carbonyl (C=O) groups is 1. The van der Waals surface area contributed by atoms with Gasteiger partial charge in [-0.05, 0) is 30.7 Å². The van der Waals surface area contributed by atoms with Crippen LogP contribution in [0, 0.1) is 5.82 Å². The van der Waals surface area contributed by atoms with Crippen molar-refractivity contribution >= 4 is 5.91 Å². The van der Waals surface area contributed by atoms with Crippen LogP contribution in [0.4, 0.5) is 26.3 Å². The van der Waals surface area contributed by atoms with E-state index in [4.69, 9.17) is 0 Å². The van der Waals surface area contributed by atoms with E-state index in [1.165, 1.54) is 18.5 Å². The Balaban J connectivity index is 1.58. The number of likely N-dealkylation sites (tertiary alicyclic amines) is 1. The number of carbonyl (C=O) groups excluding carboxylic acids is 1. The number of aromatic nitrogens is 4. The smallest absolute Gasteiger partial charge is 0.329 e. The summed E-state index contributed by atoms with van der Waals surface area (Å²) in [4.78, 5) is 29.5. The predicted octanol–water partition coefficient (Wildman–Crippen LogP) is 4.57. The van der Waals surface area contributed by atoms with Gasteiger partial charge in [0.2, 0.25) is 0 Å². The molecular formula is C22H17F6N5O. The molecule has 12 heteroatoms. The molecule has 0 bridgehead atoms. The molecular weight excluding hydrogens is 464 g/mol. The fourth-order valence-electron chi connectivity index (χ4n) is 3.81. The molecule has 1 fully saturated rings. The SMILES string of the molecule is O=C(c1cc(F)ccc1-c1ncccn1)N1CCC(F)(F)[C@H]1CCc1ncc(C(F)(F)F)cn1. The molecule has 178 valence electrons. The molecule has 2 aromatic heterocycles. The van der Waals surface area contributed by atoms with Crippen molar-refractivity contribution in [3.05, 3.63) is 71.8 Å². The lowest BCUT2D eigenvalue weighted by molar-refractivity contribution is -0.138. The summed E-state index contributed by atoms with van der Waals surface area (Å²) in [5.74, 6) is -4.74. The third kappa shape index (κ3) is 4.85. The number of halogens is 6. The Kier molecular flexibility index (Phi) is 6.24. The van der Waals surface area contributed by atoms with Gasteiger partial charge in [-0.25, -0.2) is 33.1 Å². The number of benzene rings is 1. The van der Waals surface area contributed by atoms with E-state index in [1.54, 1.807) is 6.07 Å². The molecule has 1 atom stereocenters. The zero-order valence-corrected chi connectivity index (χ0v) is 17.4. The minimum Gasteiger partial charge on any atom is -0.329 e. The van der Waals surface area contributed by atoms with Gasteiger partial charge in [-0.15, -0.1) is 0 Å². The highest BCUT2D eigenvalue weighted by molar-refractivity contribution is 6.00. The van der Waals surface area contributed by atoms with Crippen LogP contribution in [0.3, 0.4) is 0 Å². The van der Waals surface area contributed by atoms with Crippen molar-refractivity contribution in [1.82, 2.24) is 24.8 Å². The van der Waals surface area contributed by atoms with Crippen LogP contribution >= 0.6 is 0 Å². The third-order valence-corrected chi connectivity index (χ3v) is 5.50. The zero-order chi connectivity index (χ0) is 24.5. The summed E-state index contributed by atoms with van der Waals surface area (Å²) in [7, 11) is 0. The highest BCUT2D eigenvalue weighted by Crippen LogP contribution is 2.38. The third-order valence-electron chi connectivity index (χ3n) is 5.50. The molecule has 6 nitrogen and oxygen atoms in total. The maximum atomic E-state index is 14.7. The Morgan fingerprint density at radius 1 is 1.09 bits per heavy atom. The number of hydrogen-bond acceptors (Lipinski definition) is 5. The van der Waals surface area contributed by atoms with Gasteiger partial charge in [-0.2, -0.15) is 13.2 Å². The quantitative estimate of drug-likeness (QED) is 0.499. The van der Waals surface area contributed by atoms with Gasteiger partial charge in [0.05, 0.1) is 17.2 Å². The molecule has 34 heavy (non-hydrogen) atoms. The van der Waals surface area contributed by atoms with Crippen molar-refractivity contribution in [2.24, 2.45) is 0 Å². The molecule has 0 spiro atoms. The fraction of sp³-hybridized carbons (Fsp3) is 0.318. The first kappa shape index (κ1) is 23.6. The van der Waals surface area contributed by atoms with E-state index in [0.29, 0.717) is 12.4 Å². The van der Waals surface area contributed by atoms with Crippen LogP contribution in [0.2, 0.25) is 0 Å². The molecule has 0 aliphatic carbocycles. The largest absolute Gasteiger partial charge is 0.419 e. The lowest BCUT2D eigenvalue weighted by Gasteiger charge is -2.28. The van der Waals surface area contributed by atoms with Gasteiger partial charge in [0.15, 0.2) is 5.82 Å². The van der Waals surface area contributed by atoms with Gasteiger partial charge in [-0.3, -0.25) is 4.79 Å². The van der Waals surface area contributed by atoms with Gasteiger partial charge < -0.3 is 4.90 Å². The molecule has 0 saturated carbocycles. The number of nitrogens with zero attached hydrogens (tertiary/aromatic N) is 5. The summed E-state index contributed by atoms with van der Waals surface area (Å²) in [6.45, 7) is -0.282. The maximum Gasteiger partial charge on any atom is 0.419 e. The molecule has 3 aromatic rings. The predicted molar refractivity (Wildman–Crippen MR) is 107 cm³/mol. The van der Waals surface area contributed by atoms with Crippen LogP contribution < -0.4 is 0 Å². The summed E-state index contributed by atoms with van der Waals surface area (Å²) in [6, 6.07) is 3.34. The Morgan fingerprint density at radius 2 is 1.76 bits per heavy atom. The molecule has 3 heterocycles. The highest BCUT2D eigenvalue weighted by atomic mass is 19.4. The van der Waals surface area contributed by atoms with Crippen molar-refractivity contribution in [1.29, 1.82) is 0 Å². The number of rotatable bonds is 5. The normalized spacial score (nSPS) is 17.7. The Labute approximate surface area is 189 Å². The molecule has 1 aliphatic rings. The number of amides is 1. The molecule has 4 rings (SSSR count). The van der Waals surface area contributed by atoms with Crippen molar-refractivity contribution in [2.45, 2.75) is 37.4 Å². The zero-order valence-electron chi connectivity index (χ0n) is 17.4. The molecule has 1 saturated heterocycles. The second-order valence-corrected chi connectivity index (χ2v) is 7.71. The maximum absolute atomic E-state index is 14.7. The first-order valence-corrected chi connectivity index (χ1v) is 10.2. The molecule has 1 amide bonds. The first-order chi connectivity index (χ1) is 16.1. The fourth-order valence-corrected chi connectivity index (χ4v) is 3.81. The summed E-state index contributed by atoms with van der Waals surface area (Å²) < 4.78 is 81.4. The van der Waals surface area contributed by atoms with E-state index in [9.17, 15) is 31.1 Å². The van der Waals surface area contributed by atoms with Gasteiger partial charge in [-0.1, -0.05) is 0 Å². The number of alkyl halides is 5. The molecule has 0 N–H and O–H groups in total. The van der Waals surface area contributed by atoms with E-state index in [1.807, 2.05) is 0 Å². The van der Waals surface area contributed by atoms with Gasteiger partial charge >= 0.3 is 6.18 Å².